The molecule has 0 amide bonds. The standard InChI is InChI=1S/C15H12O4/c1-2-6-10(7-3-1)14-16-18-15(19-17-14)13-11-8-4-5-9-12(11)13/h1-9,13-15H. The monoisotopic (exact) mass is 256 g/mol. The molecular formula is C15H12O4. The molecule has 19 heavy (non-hydrogen) atoms. The summed E-state index contributed by atoms with van der Waals surface area (Å²) < 4.78 is 0. The lowest BCUT2D eigenvalue weighted by Crippen LogP contribution is -2.28. The van der Waals surface area contributed by atoms with Gasteiger partial charge in [-0.1, -0.05) is 54.6 Å². The molecule has 2 aliphatic rings. The van der Waals surface area contributed by atoms with E-state index in [1.165, 1.54) is 11.1 Å². The van der Waals surface area contributed by atoms with Gasteiger partial charge in [-0.25, -0.2) is 0 Å². The molecule has 0 N–H and O–H groups in total. The first-order valence-electron chi connectivity index (χ1n) is 6.21. The van der Waals surface area contributed by atoms with Crippen LogP contribution in [0.2, 0.25) is 0 Å². The lowest BCUT2D eigenvalue weighted by Gasteiger charge is -2.26. The normalized spacial score (nSPS) is 25.9. The number of benzene rings is 2. The van der Waals surface area contributed by atoms with Gasteiger partial charge in [0.2, 0.25) is 12.6 Å². The summed E-state index contributed by atoms with van der Waals surface area (Å²) in [6, 6.07) is 17.6. The van der Waals surface area contributed by atoms with Crippen molar-refractivity contribution in [1.82, 2.24) is 0 Å². The van der Waals surface area contributed by atoms with Crippen molar-refractivity contribution in [3.8, 4) is 0 Å². The second-order valence-corrected chi connectivity index (χ2v) is 4.60. The Morgan fingerprint density at radius 1 is 0.632 bits per heavy atom. The maximum absolute atomic E-state index is 5.30. The molecule has 1 fully saturated rings. The van der Waals surface area contributed by atoms with Crippen molar-refractivity contribution >= 4 is 0 Å². The fourth-order valence-corrected chi connectivity index (χ4v) is 2.36. The quantitative estimate of drug-likeness (QED) is 0.774. The van der Waals surface area contributed by atoms with Gasteiger partial charge in [0.1, 0.15) is 0 Å². The molecule has 0 bridgehead atoms. The van der Waals surface area contributed by atoms with E-state index >= 15 is 0 Å². The molecule has 1 aliphatic heterocycles. The predicted octanol–water partition coefficient (Wildman–Crippen LogP) is 3.07. The zero-order valence-electron chi connectivity index (χ0n) is 10.1. The molecule has 0 radical (unpaired) electrons. The highest BCUT2D eigenvalue weighted by Crippen LogP contribution is 2.48. The molecule has 4 rings (SSSR count). The highest BCUT2D eigenvalue weighted by Gasteiger charge is 2.44. The van der Waals surface area contributed by atoms with Crippen molar-refractivity contribution in [3.63, 3.8) is 0 Å². The van der Waals surface area contributed by atoms with Crippen LogP contribution in [0.15, 0.2) is 54.6 Å². The van der Waals surface area contributed by atoms with E-state index in [1.807, 2.05) is 42.5 Å². The summed E-state index contributed by atoms with van der Waals surface area (Å²) in [5.74, 6) is 0.117. The Morgan fingerprint density at radius 2 is 1.21 bits per heavy atom. The Balaban J connectivity index is 1.42. The summed E-state index contributed by atoms with van der Waals surface area (Å²) in [6.07, 6.45) is -1.17. The number of hydrogen-bond acceptors (Lipinski definition) is 4. The maximum Gasteiger partial charge on any atom is 0.249 e. The summed E-state index contributed by atoms with van der Waals surface area (Å²) in [7, 11) is 0. The van der Waals surface area contributed by atoms with E-state index in [-0.39, 0.29) is 5.92 Å². The third-order valence-corrected chi connectivity index (χ3v) is 3.40. The van der Waals surface area contributed by atoms with Gasteiger partial charge in [-0.15, -0.1) is 0 Å². The van der Waals surface area contributed by atoms with Gasteiger partial charge in [-0.3, -0.25) is 0 Å². The number of fused-ring (bicyclic) bond motifs is 1. The molecule has 96 valence electrons. The zero-order valence-corrected chi connectivity index (χ0v) is 10.1. The van der Waals surface area contributed by atoms with Crippen molar-refractivity contribution in [2.45, 2.75) is 18.5 Å². The minimum atomic E-state index is -0.640. The van der Waals surface area contributed by atoms with Crippen molar-refractivity contribution in [2.24, 2.45) is 0 Å². The fourth-order valence-electron chi connectivity index (χ4n) is 2.36. The van der Waals surface area contributed by atoms with Gasteiger partial charge in [-0.2, -0.15) is 19.6 Å². The van der Waals surface area contributed by atoms with Crippen molar-refractivity contribution in [1.29, 1.82) is 0 Å². The first-order valence-corrected chi connectivity index (χ1v) is 6.21. The van der Waals surface area contributed by atoms with E-state index in [1.54, 1.807) is 0 Å². The Labute approximate surface area is 110 Å². The van der Waals surface area contributed by atoms with Crippen molar-refractivity contribution in [2.75, 3.05) is 0 Å². The van der Waals surface area contributed by atoms with Crippen LogP contribution in [0.1, 0.15) is 28.9 Å². The van der Waals surface area contributed by atoms with Crippen LogP contribution in [-0.4, -0.2) is 6.29 Å². The minimum Gasteiger partial charge on any atom is -0.197 e. The lowest BCUT2D eigenvalue weighted by atomic mass is 10.2. The Hall–Kier alpha value is -1.72. The van der Waals surface area contributed by atoms with E-state index in [0.717, 1.165) is 5.56 Å². The number of hydrogen-bond donors (Lipinski definition) is 0. The van der Waals surface area contributed by atoms with Gasteiger partial charge in [0.25, 0.3) is 0 Å². The van der Waals surface area contributed by atoms with Gasteiger partial charge in [0, 0.05) is 5.56 Å². The van der Waals surface area contributed by atoms with E-state index in [9.17, 15) is 0 Å². The van der Waals surface area contributed by atoms with Gasteiger partial charge in [0.15, 0.2) is 0 Å². The molecular weight excluding hydrogens is 244 g/mol. The van der Waals surface area contributed by atoms with Crippen LogP contribution in [0.3, 0.4) is 0 Å². The van der Waals surface area contributed by atoms with Crippen LogP contribution >= 0.6 is 0 Å². The third kappa shape index (κ3) is 1.95. The van der Waals surface area contributed by atoms with Crippen LogP contribution in [0.25, 0.3) is 0 Å². The molecule has 0 spiro atoms. The molecule has 1 heterocycles. The largest absolute Gasteiger partial charge is 0.249 e. The first-order chi connectivity index (χ1) is 9.43. The summed E-state index contributed by atoms with van der Waals surface area (Å²) in [6.45, 7) is 0. The molecule has 0 atom stereocenters. The summed E-state index contributed by atoms with van der Waals surface area (Å²) in [4.78, 5) is 21.1. The van der Waals surface area contributed by atoms with Crippen molar-refractivity contribution in [3.05, 3.63) is 71.3 Å². The van der Waals surface area contributed by atoms with E-state index in [2.05, 4.69) is 12.1 Å². The van der Waals surface area contributed by atoms with Crippen LogP contribution in [-0.2, 0) is 19.6 Å². The Bertz CT molecular complexity index is 553. The lowest BCUT2D eigenvalue weighted by molar-refractivity contribution is -0.595. The van der Waals surface area contributed by atoms with Crippen LogP contribution < -0.4 is 0 Å². The molecule has 1 saturated heterocycles. The average molecular weight is 256 g/mol. The summed E-state index contributed by atoms with van der Waals surface area (Å²) >= 11 is 0. The van der Waals surface area contributed by atoms with Gasteiger partial charge in [0.05, 0.1) is 5.92 Å². The van der Waals surface area contributed by atoms with Crippen LogP contribution in [0.5, 0.6) is 0 Å². The molecule has 2 aromatic rings. The first kappa shape index (κ1) is 11.1. The van der Waals surface area contributed by atoms with Crippen molar-refractivity contribution < 1.29 is 19.6 Å². The highest BCUT2D eigenvalue weighted by atomic mass is 17.4. The molecule has 1 aliphatic carbocycles. The topological polar surface area (TPSA) is 36.9 Å². The van der Waals surface area contributed by atoms with E-state index in [4.69, 9.17) is 19.6 Å². The predicted molar refractivity (Wildman–Crippen MR) is 65.6 cm³/mol. The molecule has 0 aromatic heterocycles. The Morgan fingerprint density at radius 3 is 1.84 bits per heavy atom. The second kappa shape index (κ2) is 4.43. The van der Waals surface area contributed by atoms with Crippen LogP contribution in [0, 0.1) is 0 Å². The molecule has 0 unspecified atom stereocenters. The SMILES string of the molecule is c1ccc(C2OOC(C3c4ccccc43)OO2)cc1. The average Bonchev–Trinajstić information content (AvgIpc) is 3.23. The summed E-state index contributed by atoms with van der Waals surface area (Å²) in [5, 5.41) is 0. The van der Waals surface area contributed by atoms with Crippen LogP contribution in [0.4, 0.5) is 0 Å². The molecule has 0 saturated carbocycles. The third-order valence-electron chi connectivity index (χ3n) is 3.40. The van der Waals surface area contributed by atoms with Gasteiger partial charge < -0.3 is 0 Å². The zero-order chi connectivity index (χ0) is 12.7. The van der Waals surface area contributed by atoms with E-state index in [0.29, 0.717) is 0 Å². The molecule has 2 aromatic carbocycles. The second-order valence-electron chi connectivity index (χ2n) is 4.60. The molecule has 4 heteroatoms. The minimum absolute atomic E-state index is 0.117. The van der Waals surface area contributed by atoms with Gasteiger partial charge >= 0.3 is 0 Å². The maximum atomic E-state index is 5.30. The summed E-state index contributed by atoms with van der Waals surface area (Å²) in [5.41, 5.74) is 3.30. The molecule has 4 nitrogen and oxygen atoms in total. The highest BCUT2D eigenvalue weighted by molar-refractivity contribution is 5.52. The van der Waals surface area contributed by atoms with Gasteiger partial charge in [-0.05, 0) is 11.1 Å². The fraction of sp³-hybridized carbons (Fsp3) is 0.200. The van der Waals surface area contributed by atoms with E-state index < -0.39 is 12.6 Å². The number of rotatable bonds is 2. The smallest absolute Gasteiger partial charge is 0.197 e. The Kier molecular flexibility index (Phi) is 2.60.